The predicted octanol–water partition coefficient (Wildman–Crippen LogP) is 2.59. The summed E-state index contributed by atoms with van der Waals surface area (Å²) in [5.74, 6) is -0.0517. The van der Waals surface area contributed by atoms with Gasteiger partial charge in [-0.25, -0.2) is 4.99 Å². The zero-order valence-corrected chi connectivity index (χ0v) is 7.88. The second-order valence-corrected chi connectivity index (χ2v) is 2.80. The maximum Gasteiger partial charge on any atom is 0.573 e. The predicted molar refractivity (Wildman–Crippen MR) is 50.1 cm³/mol. The highest BCUT2D eigenvalue weighted by Gasteiger charge is 2.31. The van der Waals surface area contributed by atoms with Crippen LogP contribution in [0.3, 0.4) is 0 Å². The maximum absolute atomic E-state index is 11.9. The lowest BCUT2D eigenvalue weighted by Crippen LogP contribution is -2.16. The molecule has 0 saturated heterocycles. The van der Waals surface area contributed by atoms with Crippen molar-refractivity contribution in [2.75, 3.05) is 0 Å². The first kappa shape index (κ1) is 11.4. The third-order valence-electron chi connectivity index (χ3n) is 1.36. The third kappa shape index (κ3) is 4.35. The average molecular weight is 218 g/mol. The highest BCUT2D eigenvalue weighted by molar-refractivity contribution is 5.80. The molecule has 0 bridgehead atoms. The van der Waals surface area contributed by atoms with E-state index in [1.54, 1.807) is 0 Å². The lowest BCUT2D eigenvalue weighted by Gasteiger charge is -2.08. The molecule has 0 heterocycles. The summed E-state index contributed by atoms with van der Waals surface area (Å²) < 4.78 is 39.3. The number of nitrogens with two attached hydrogens (primary N) is 1. The third-order valence-corrected chi connectivity index (χ3v) is 1.36. The van der Waals surface area contributed by atoms with Gasteiger partial charge in [-0.3, -0.25) is 0 Å². The van der Waals surface area contributed by atoms with Crippen LogP contribution in [0.25, 0.3) is 0 Å². The molecule has 6 heteroatoms. The highest BCUT2D eigenvalue weighted by atomic mass is 19.4. The number of aliphatic imine (C=N–C) groups is 1. The highest BCUT2D eigenvalue weighted by Crippen LogP contribution is 2.26. The van der Waals surface area contributed by atoms with Crippen LogP contribution in [-0.4, -0.2) is 12.2 Å². The Bertz CT molecular complexity index is 370. The number of ether oxygens (including phenoxy) is 1. The Labute approximate surface area is 84.4 Å². The Morgan fingerprint density at radius 3 is 2.60 bits per heavy atom. The fraction of sp³-hybridized carbons (Fsp3) is 0.222. The molecule has 0 radical (unpaired) electrons. The van der Waals surface area contributed by atoms with E-state index in [9.17, 15) is 13.2 Å². The lowest BCUT2D eigenvalue weighted by atomic mass is 10.3. The van der Waals surface area contributed by atoms with Crippen molar-refractivity contribution in [2.45, 2.75) is 13.3 Å². The molecule has 2 N–H and O–H groups in total. The number of amidine groups is 1. The van der Waals surface area contributed by atoms with Crippen molar-refractivity contribution < 1.29 is 17.9 Å². The van der Waals surface area contributed by atoms with Crippen molar-refractivity contribution in [3.05, 3.63) is 24.3 Å². The molecule has 0 aliphatic rings. The van der Waals surface area contributed by atoms with Crippen molar-refractivity contribution in [3.8, 4) is 5.75 Å². The molecule has 82 valence electrons. The van der Waals surface area contributed by atoms with E-state index in [1.165, 1.54) is 25.1 Å². The van der Waals surface area contributed by atoms with Crippen molar-refractivity contribution in [1.29, 1.82) is 0 Å². The van der Waals surface area contributed by atoms with Crippen LogP contribution in [0, 0.1) is 0 Å². The van der Waals surface area contributed by atoms with Crippen LogP contribution < -0.4 is 10.5 Å². The first-order valence-electron chi connectivity index (χ1n) is 4.03. The Morgan fingerprint density at radius 1 is 1.40 bits per heavy atom. The van der Waals surface area contributed by atoms with E-state index < -0.39 is 6.36 Å². The van der Waals surface area contributed by atoms with E-state index in [0.717, 1.165) is 6.07 Å². The molecule has 1 rings (SSSR count). The summed E-state index contributed by atoms with van der Waals surface area (Å²) in [4.78, 5) is 3.80. The topological polar surface area (TPSA) is 47.6 Å². The van der Waals surface area contributed by atoms with Gasteiger partial charge in [0.05, 0.1) is 11.5 Å². The molecule has 1 aromatic carbocycles. The quantitative estimate of drug-likeness (QED) is 0.612. The lowest BCUT2D eigenvalue weighted by molar-refractivity contribution is -0.274. The largest absolute Gasteiger partial charge is 0.573 e. The molecule has 0 fully saturated rings. The monoisotopic (exact) mass is 218 g/mol. The van der Waals surface area contributed by atoms with Crippen molar-refractivity contribution in [1.82, 2.24) is 0 Å². The first-order valence-corrected chi connectivity index (χ1v) is 4.03. The van der Waals surface area contributed by atoms with Crippen LogP contribution in [0.15, 0.2) is 29.3 Å². The van der Waals surface area contributed by atoms with Gasteiger partial charge < -0.3 is 10.5 Å². The summed E-state index contributed by atoms with van der Waals surface area (Å²) in [7, 11) is 0. The Morgan fingerprint density at radius 2 is 2.07 bits per heavy atom. The van der Waals surface area contributed by atoms with Gasteiger partial charge in [-0.2, -0.15) is 0 Å². The number of benzene rings is 1. The summed E-state index contributed by atoms with van der Waals surface area (Å²) in [6.45, 7) is 1.54. The van der Waals surface area contributed by atoms with Gasteiger partial charge in [0.15, 0.2) is 0 Å². The molecular weight excluding hydrogens is 209 g/mol. The summed E-state index contributed by atoms with van der Waals surface area (Å²) in [6, 6.07) is 5.28. The SMILES string of the molecule is CC(N)=Nc1cccc(OC(F)(F)F)c1. The van der Waals surface area contributed by atoms with E-state index in [0.29, 0.717) is 5.69 Å². The first-order chi connectivity index (χ1) is 6.87. The molecule has 0 atom stereocenters. The maximum atomic E-state index is 11.9. The smallest absolute Gasteiger partial charge is 0.406 e. The number of alkyl halides is 3. The number of hydrogen-bond acceptors (Lipinski definition) is 2. The van der Waals surface area contributed by atoms with Crippen LogP contribution in [0.5, 0.6) is 5.75 Å². The van der Waals surface area contributed by atoms with Gasteiger partial charge in [0.2, 0.25) is 0 Å². The summed E-state index contributed by atoms with van der Waals surface area (Å²) in [6.07, 6.45) is -4.69. The van der Waals surface area contributed by atoms with E-state index in [2.05, 4.69) is 9.73 Å². The Balaban J connectivity index is 2.88. The standard InChI is InChI=1S/C9H9F3N2O/c1-6(13)14-7-3-2-4-8(5-7)15-9(10,11)12/h2-5H,1H3,(H2,13,14). The van der Waals surface area contributed by atoms with Gasteiger partial charge in [-0.05, 0) is 19.1 Å². The molecule has 1 aromatic rings. The molecule has 0 aromatic heterocycles. The Kier molecular flexibility index (Phi) is 3.18. The summed E-state index contributed by atoms with van der Waals surface area (Å²) in [5, 5.41) is 0. The fourth-order valence-corrected chi connectivity index (χ4v) is 0.954. The molecule has 0 aliphatic heterocycles. The minimum absolute atomic E-state index is 0.263. The number of halogens is 3. The van der Waals surface area contributed by atoms with Crippen LogP contribution in [0.1, 0.15) is 6.92 Å². The van der Waals surface area contributed by atoms with Crippen molar-refractivity contribution >= 4 is 11.5 Å². The number of hydrogen-bond donors (Lipinski definition) is 1. The van der Waals surface area contributed by atoms with E-state index in [-0.39, 0.29) is 11.6 Å². The van der Waals surface area contributed by atoms with E-state index in [4.69, 9.17) is 5.73 Å². The summed E-state index contributed by atoms with van der Waals surface area (Å²) in [5.41, 5.74) is 5.61. The van der Waals surface area contributed by atoms with Gasteiger partial charge in [-0.15, -0.1) is 13.2 Å². The van der Waals surface area contributed by atoms with Crippen LogP contribution in [0.2, 0.25) is 0 Å². The fourth-order valence-electron chi connectivity index (χ4n) is 0.954. The minimum Gasteiger partial charge on any atom is -0.406 e. The zero-order chi connectivity index (χ0) is 11.5. The molecule has 0 aliphatic carbocycles. The number of rotatable bonds is 2. The van der Waals surface area contributed by atoms with Gasteiger partial charge in [0.1, 0.15) is 5.75 Å². The van der Waals surface area contributed by atoms with Gasteiger partial charge in [0.25, 0.3) is 0 Å². The summed E-state index contributed by atoms with van der Waals surface area (Å²) >= 11 is 0. The van der Waals surface area contributed by atoms with Crippen LogP contribution >= 0.6 is 0 Å². The van der Waals surface area contributed by atoms with Crippen molar-refractivity contribution in [2.24, 2.45) is 10.7 Å². The van der Waals surface area contributed by atoms with Gasteiger partial charge >= 0.3 is 6.36 Å². The molecule has 3 nitrogen and oxygen atoms in total. The van der Waals surface area contributed by atoms with Crippen molar-refractivity contribution in [3.63, 3.8) is 0 Å². The normalized spacial score (nSPS) is 12.7. The second kappa shape index (κ2) is 4.20. The number of nitrogens with zero attached hydrogens (tertiary/aromatic N) is 1. The second-order valence-electron chi connectivity index (χ2n) is 2.80. The van der Waals surface area contributed by atoms with Crippen LogP contribution in [0.4, 0.5) is 18.9 Å². The minimum atomic E-state index is -4.69. The zero-order valence-electron chi connectivity index (χ0n) is 7.88. The molecule has 0 amide bonds. The van der Waals surface area contributed by atoms with Gasteiger partial charge in [0, 0.05) is 6.07 Å². The molecule has 0 unspecified atom stereocenters. The van der Waals surface area contributed by atoms with Gasteiger partial charge in [-0.1, -0.05) is 6.07 Å². The van der Waals surface area contributed by atoms with Crippen LogP contribution in [-0.2, 0) is 0 Å². The van der Waals surface area contributed by atoms with E-state index >= 15 is 0 Å². The molecular formula is C9H9F3N2O. The molecule has 0 spiro atoms. The molecule has 0 saturated carbocycles. The Hall–Kier alpha value is -1.72. The van der Waals surface area contributed by atoms with E-state index in [1.807, 2.05) is 0 Å². The average Bonchev–Trinajstić information content (AvgIpc) is 1.99. The molecule has 15 heavy (non-hydrogen) atoms.